The lowest BCUT2D eigenvalue weighted by atomic mass is 10.1. The number of hydrogen-bond donors (Lipinski definition) is 3. The molecule has 19 heavy (non-hydrogen) atoms. The van der Waals surface area contributed by atoms with Crippen LogP contribution in [0.15, 0.2) is 6.07 Å². The Balaban J connectivity index is 2.34. The Labute approximate surface area is 113 Å². The molecule has 1 saturated heterocycles. The number of nitrogens with two attached hydrogens (primary N) is 1. The molecule has 0 amide bonds. The number of aryl methyl sites for hydroxylation is 1. The van der Waals surface area contributed by atoms with Crippen LogP contribution in [0.5, 0.6) is 0 Å². The molecule has 0 radical (unpaired) electrons. The molecule has 0 aromatic carbocycles. The van der Waals surface area contributed by atoms with Crippen LogP contribution in [-0.4, -0.2) is 40.1 Å². The number of aliphatic hydroxyl groups is 1. The molecule has 104 valence electrons. The van der Waals surface area contributed by atoms with E-state index in [1.807, 2.05) is 11.8 Å². The molecule has 2 rings (SSSR count). The van der Waals surface area contributed by atoms with E-state index in [0.717, 1.165) is 31.5 Å². The second-order valence-electron chi connectivity index (χ2n) is 4.99. The first-order valence-corrected chi connectivity index (χ1v) is 6.69. The van der Waals surface area contributed by atoms with Crippen LogP contribution in [0.1, 0.15) is 37.1 Å². The molecule has 1 atom stereocenters. The van der Waals surface area contributed by atoms with Crippen LogP contribution >= 0.6 is 0 Å². The number of nitrogen functional groups attached to an aromatic ring is 1. The maximum Gasteiger partial charge on any atom is 0.226 e. The number of anilines is 1. The smallest absolute Gasteiger partial charge is 0.226 e. The quantitative estimate of drug-likeness (QED) is 0.553. The maximum atomic E-state index is 9.53. The topological polar surface area (TPSA) is 99.1 Å². The van der Waals surface area contributed by atoms with Gasteiger partial charge in [0.15, 0.2) is 0 Å². The van der Waals surface area contributed by atoms with Gasteiger partial charge in [0.2, 0.25) is 5.95 Å². The molecule has 0 aliphatic carbocycles. The Morgan fingerprint density at radius 3 is 2.95 bits per heavy atom. The van der Waals surface area contributed by atoms with E-state index in [1.165, 1.54) is 6.42 Å². The predicted octanol–water partition coefficient (Wildman–Crippen LogP) is 0.810. The zero-order valence-electron chi connectivity index (χ0n) is 11.3. The summed E-state index contributed by atoms with van der Waals surface area (Å²) in [5.41, 5.74) is 6.74. The van der Waals surface area contributed by atoms with Crippen molar-refractivity contribution in [3.63, 3.8) is 0 Å². The van der Waals surface area contributed by atoms with E-state index in [9.17, 15) is 5.11 Å². The summed E-state index contributed by atoms with van der Waals surface area (Å²) in [6, 6.07) is 1.77. The molecule has 1 aromatic rings. The molecule has 1 aliphatic rings. The molecule has 1 aliphatic heterocycles. The highest BCUT2D eigenvalue weighted by Gasteiger charge is 2.23. The highest BCUT2D eigenvalue weighted by Crippen LogP contribution is 2.21. The van der Waals surface area contributed by atoms with Crippen molar-refractivity contribution < 1.29 is 5.11 Å². The summed E-state index contributed by atoms with van der Waals surface area (Å²) in [7, 11) is 0. The lowest BCUT2D eigenvalue weighted by Crippen LogP contribution is -2.39. The molecular formula is C13H21N5O. The third kappa shape index (κ3) is 3.20. The molecule has 0 saturated carbocycles. The van der Waals surface area contributed by atoms with Crippen molar-refractivity contribution in [2.24, 2.45) is 5.73 Å². The average Bonchev–Trinajstić information content (AvgIpc) is 2.62. The van der Waals surface area contributed by atoms with Crippen molar-refractivity contribution in [1.82, 2.24) is 9.97 Å². The van der Waals surface area contributed by atoms with E-state index in [1.54, 1.807) is 6.07 Å². The van der Waals surface area contributed by atoms with Gasteiger partial charge in [-0.3, -0.25) is 5.41 Å². The van der Waals surface area contributed by atoms with Gasteiger partial charge in [-0.05, 0) is 25.8 Å². The Hall–Kier alpha value is -1.69. The second kappa shape index (κ2) is 5.97. The number of nitrogens with zero attached hydrogens (tertiary/aromatic N) is 3. The molecule has 6 heteroatoms. The zero-order chi connectivity index (χ0) is 13.8. The van der Waals surface area contributed by atoms with Gasteiger partial charge in [0.25, 0.3) is 0 Å². The van der Waals surface area contributed by atoms with Gasteiger partial charge in [0.1, 0.15) is 11.5 Å². The molecule has 1 unspecified atom stereocenters. The number of amidine groups is 1. The van der Waals surface area contributed by atoms with Crippen molar-refractivity contribution in [3.05, 3.63) is 17.5 Å². The minimum Gasteiger partial charge on any atom is -0.394 e. The van der Waals surface area contributed by atoms with E-state index in [4.69, 9.17) is 11.1 Å². The number of hydrogen-bond acceptors (Lipinski definition) is 5. The van der Waals surface area contributed by atoms with Gasteiger partial charge in [-0.15, -0.1) is 0 Å². The van der Waals surface area contributed by atoms with E-state index in [-0.39, 0.29) is 18.5 Å². The van der Waals surface area contributed by atoms with Gasteiger partial charge in [0.05, 0.1) is 12.6 Å². The van der Waals surface area contributed by atoms with Crippen molar-refractivity contribution in [3.8, 4) is 0 Å². The Bertz CT molecular complexity index is 462. The maximum absolute atomic E-state index is 9.53. The van der Waals surface area contributed by atoms with Crippen molar-refractivity contribution in [2.75, 3.05) is 18.1 Å². The normalized spacial score (nSPS) is 20.1. The molecule has 6 nitrogen and oxygen atoms in total. The van der Waals surface area contributed by atoms with Crippen molar-refractivity contribution in [1.29, 1.82) is 5.41 Å². The number of rotatable bonds is 3. The molecular weight excluding hydrogens is 242 g/mol. The average molecular weight is 263 g/mol. The third-order valence-electron chi connectivity index (χ3n) is 3.46. The summed E-state index contributed by atoms with van der Waals surface area (Å²) >= 11 is 0. The standard InChI is InChI=1S/C13H21N5O/c1-9-7-11(12(14)15)17-13(16-9)18-6-4-2-3-5-10(18)8-19/h7,10,19H,2-6,8H2,1H3,(H3,14,15). The summed E-state index contributed by atoms with van der Waals surface area (Å²) in [6.45, 7) is 2.81. The fraction of sp³-hybridized carbons (Fsp3) is 0.615. The van der Waals surface area contributed by atoms with Crippen LogP contribution in [0, 0.1) is 12.3 Å². The molecule has 1 fully saturated rings. The predicted molar refractivity (Wildman–Crippen MR) is 74.5 cm³/mol. The van der Waals surface area contributed by atoms with Crippen LogP contribution < -0.4 is 10.6 Å². The molecule has 4 N–H and O–H groups in total. The number of aromatic nitrogens is 2. The molecule has 0 spiro atoms. The van der Waals surface area contributed by atoms with Crippen LogP contribution in [0.4, 0.5) is 5.95 Å². The molecule has 2 heterocycles. The van der Waals surface area contributed by atoms with Crippen LogP contribution in [0.2, 0.25) is 0 Å². The molecule has 1 aromatic heterocycles. The summed E-state index contributed by atoms with van der Waals surface area (Å²) in [4.78, 5) is 10.8. The molecule has 0 bridgehead atoms. The van der Waals surface area contributed by atoms with Crippen molar-refractivity contribution >= 4 is 11.8 Å². The van der Waals surface area contributed by atoms with E-state index in [0.29, 0.717) is 11.6 Å². The van der Waals surface area contributed by atoms with Gasteiger partial charge in [-0.2, -0.15) is 0 Å². The third-order valence-corrected chi connectivity index (χ3v) is 3.46. The Morgan fingerprint density at radius 2 is 2.26 bits per heavy atom. The first-order valence-electron chi connectivity index (χ1n) is 6.69. The van der Waals surface area contributed by atoms with Crippen LogP contribution in [-0.2, 0) is 0 Å². The first kappa shape index (κ1) is 13.7. The minimum atomic E-state index is -0.0536. The lowest BCUT2D eigenvalue weighted by molar-refractivity contribution is 0.254. The Kier molecular flexibility index (Phi) is 4.31. The van der Waals surface area contributed by atoms with Gasteiger partial charge in [0, 0.05) is 12.2 Å². The zero-order valence-corrected chi connectivity index (χ0v) is 11.3. The monoisotopic (exact) mass is 263 g/mol. The highest BCUT2D eigenvalue weighted by atomic mass is 16.3. The van der Waals surface area contributed by atoms with Crippen molar-refractivity contribution in [2.45, 2.75) is 38.6 Å². The van der Waals surface area contributed by atoms with E-state index < -0.39 is 0 Å². The second-order valence-corrected chi connectivity index (χ2v) is 4.99. The summed E-state index contributed by atoms with van der Waals surface area (Å²) in [6.07, 6.45) is 4.30. The van der Waals surface area contributed by atoms with Crippen LogP contribution in [0.25, 0.3) is 0 Å². The SMILES string of the molecule is Cc1cc(C(=N)N)nc(N2CCCCCC2CO)n1. The lowest BCUT2D eigenvalue weighted by Gasteiger charge is -2.29. The number of nitrogens with one attached hydrogen (secondary N) is 1. The van der Waals surface area contributed by atoms with E-state index in [2.05, 4.69) is 9.97 Å². The fourth-order valence-corrected chi connectivity index (χ4v) is 2.45. The summed E-state index contributed by atoms with van der Waals surface area (Å²) in [5, 5.41) is 17.0. The summed E-state index contributed by atoms with van der Waals surface area (Å²) in [5.74, 6) is 0.522. The largest absolute Gasteiger partial charge is 0.394 e. The fourth-order valence-electron chi connectivity index (χ4n) is 2.45. The van der Waals surface area contributed by atoms with Gasteiger partial charge < -0.3 is 15.7 Å². The first-order chi connectivity index (χ1) is 9.11. The highest BCUT2D eigenvalue weighted by molar-refractivity contribution is 5.93. The number of aliphatic hydroxyl groups excluding tert-OH is 1. The van der Waals surface area contributed by atoms with Gasteiger partial charge >= 0.3 is 0 Å². The van der Waals surface area contributed by atoms with E-state index >= 15 is 0 Å². The summed E-state index contributed by atoms with van der Waals surface area (Å²) < 4.78 is 0. The minimum absolute atomic E-state index is 0.0536. The Morgan fingerprint density at radius 1 is 1.47 bits per heavy atom. The van der Waals surface area contributed by atoms with Gasteiger partial charge in [-0.1, -0.05) is 12.8 Å². The van der Waals surface area contributed by atoms with Crippen LogP contribution in [0.3, 0.4) is 0 Å². The van der Waals surface area contributed by atoms with Gasteiger partial charge in [-0.25, -0.2) is 9.97 Å².